The van der Waals surface area contributed by atoms with Gasteiger partial charge in [-0.3, -0.25) is 4.79 Å². The summed E-state index contributed by atoms with van der Waals surface area (Å²) in [6.45, 7) is 1.32. The summed E-state index contributed by atoms with van der Waals surface area (Å²) in [4.78, 5) is 13.8. The van der Waals surface area contributed by atoms with Crippen LogP contribution in [0.3, 0.4) is 0 Å². The van der Waals surface area contributed by atoms with E-state index < -0.39 is 5.82 Å². The van der Waals surface area contributed by atoms with Crippen LogP contribution in [0.4, 0.5) is 4.39 Å². The summed E-state index contributed by atoms with van der Waals surface area (Å²) < 4.78 is 14.3. The molecule has 1 aromatic rings. The third-order valence-electron chi connectivity index (χ3n) is 3.05. The molecule has 1 aliphatic rings. The molecule has 0 saturated carbocycles. The van der Waals surface area contributed by atoms with Crippen molar-refractivity contribution in [3.05, 3.63) is 34.1 Å². The molecule has 1 amide bonds. The van der Waals surface area contributed by atoms with Crippen molar-refractivity contribution >= 4 is 21.8 Å². The normalized spacial score (nSPS) is 19.7. The van der Waals surface area contributed by atoms with E-state index in [9.17, 15) is 9.18 Å². The molecular weight excluding hydrogens is 287 g/mol. The highest BCUT2D eigenvalue weighted by molar-refractivity contribution is 9.10. The summed E-state index contributed by atoms with van der Waals surface area (Å²) in [5.41, 5.74) is 0.143. The van der Waals surface area contributed by atoms with Gasteiger partial charge >= 0.3 is 0 Å². The second-order valence-electron chi connectivity index (χ2n) is 4.15. The number of hydrogen-bond acceptors (Lipinski definition) is 2. The number of benzene rings is 1. The molecule has 0 radical (unpaired) electrons. The van der Waals surface area contributed by atoms with E-state index in [1.165, 1.54) is 12.1 Å². The predicted molar refractivity (Wildman–Crippen MR) is 67.5 cm³/mol. The van der Waals surface area contributed by atoms with Crippen LogP contribution in [0, 0.1) is 5.82 Å². The van der Waals surface area contributed by atoms with Crippen molar-refractivity contribution in [3.63, 3.8) is 0 Å². The lowest BCUT2D eigenvalue weighted by Gasteiger charge is -2.16. The predicted octanol–water partition coefficient (Wildman–Crippen LogP) is 2.02. The first-order chi connectivity index (χ1) is 8.11. The summed E-state index contributed by atoms with van der Waals surface area (Å²) in [5, 5.41) is 3.13. The third-order valence-corrected chi connectivity index (χ3v) is 3.54. The average Bonchev–Trinajstić information content (AvgIpc) is 2.76. The smallest absolute Gasteiger partial charge is 0.256 e. The van der Waals surface area contributed by atoms with Crippen LogP contribution in [0.2, 0.25) is 0 Å². The molecule has 2 rings (SSSR count). The minimum absolute atomic E-state index is 0.143. The fourth-order valence-corrected chi connectivity index (χ4v) is 2.35. The quantitative estimate of drug-likeness (QED) is 0.906. The maximum absolute atomic E-state index is 13.6. The molecule has 1 unspecified atom stereocenters. The van der Waals surface area contributed by atoms with Gasteiger partial charge in [0.25, 0.3) is 5.91 Å². The maximum Gasteiger partial charge on any atom is 0.256 e. The van der Waals surface area contributed by atoms with Gasteiger partial charge in [-0.25, -0.2) is 4.39 Å². The molecule has 1 aliphatic heterocycles. The number of rotatable bonds is 2. The standard InChI is InChI=1S/C12H14BrFN2O/c1-15-9-4-5-16(7-9)12(17)10-3-2-8(13)6-11(10)14/h2-3,6,9,15H,4-5,7H2,1H3. The van der Waals surface area contributed by atoms with E-state index in [-0.39, 0.29) is 11.5 Å². The Bertz CT molecular complexity index is 439. The lowest BCUT2D eigenvalue weighted by molar-refractivity contribution is 0.0785. The largest absolute Gasteiger partial charge is 0.337 e. The zero-order valence-electron chi connectivity index (χ0n) is 9.54. The van der Waals surface area contributed by atoms with Crippen molar-refractivity contribution in [2.75, 3.05) is 20.1 Å². The zero-order chi connectivity index (χ0) is 12.4. The molecule has 1 aromatic carbocycles. The van der Waals surface area contributed by atoms with E-state index in [0.717, 1.165) is 6.42 Å². The Hall–Kier alpha value is -0.940. The van der Waals surface area contributed by atoms with Crippen molar-refractivity contribution in [1.82, 2.24) is 10.2 Å². The monoisotopic (exact) mass is 300 g/mol. The molecule has 0 spiro atoms. The van der Waals surface area contributed by atoms with Crippen molar-refractivity contribution in [1.29, 1.82) is 0 Å². The van der Waals surface area contributed by atoms with Crippen molar-refractivity contribution in [2.24, 2.45) is 0 Å². The lowest BCUT2D eigenvalue weighted by atomic mass is 10.2. The number of carbonyl (C=O) groups excluding carboxylic acids is 1. The fraction of sp³-hybridized carbons (Fsp3) is 0.417. The van der Waals surface area contributed by atoms with E-state index in [4.69, 9.17) is 0 Å². The minimum Gasteiger partial charge on any atom is -0.337 e. The highest BCUT2D eigenvalue weighted by atomic mass is 79.9. The van der Waals surface area contributed by atoms with Crippen LogP contribution in [-0.2, 0) is 0 Å². The van der Waals surface area contributed by atoms with E-state index >= 15 is 0 Å². The first-order valence-electron chi connectivity index (χ1n) is 5.53. The lowest BCUT2D eigenvalue weighted by Crippen LogP contribution is -2.33. The number of amides is 1. The summed E-state index contributed by atoms with van der Waals surface area (Å²) in [7, 11) is 1.87. The van der Waals surface area contributed by atoms with Gasteiger partial charge in [0.2, 0.25) is 0 Å². The molecule has 0 bridgehead atoms. The number of nitrogens with zero attached hydrogens (tertiary/aromatic N) is 1. The molecule has 1 N–H and O–H groups in total. The average molecular weight is 301 g/mol. The summed E-state index contributed by atoms with van der Waals surface area (Å²) >= 11 is 3.17. The molecular formula is C12H14BrFN2O. The third kappa shape index (κ3) is 2.66. The van der Waals surface area contributed by atoms with Gasteiger partial charge < -0.3 is 10.2 Å². The van der Waals surface area contributed by atoms with Crippen LogP contribution < -0.4 is 5.32 Å². The number of nitrogens with one attached hydrogen (secondary N) is 1. The molecule has 1 atom stereocenters. The second-order valence-corrected chi connectivity index (χ2v) is 5.07. The molecule has 17 heavy (non-hydrogen) atoms. The number of likely N-dealkylation sites (tertiary alicyclic amines) is 1. The Labute approximate surface area is 108 Å². The van der Waals surface area contributed by atoms with E-state index in [1.807, 2.05) is 7.05 Å². The topological polar surface area (TPSA) is 32.3 Å². The van der Waals surface area contributed by atoms with E-state index in [1.54, 1.807) is 11.0 Å². The van der Waals surface area contributed by atoms with Crippen LogP contribution in [-0.4, -0.2) is 37.0 Å². The van der Waals surface area contributed by atoms with Gasteiger partial charge in [-0.05, 0) is 31.7 Å². The van der Waals surface area contributed by atoms with Crippen LogP contribution in [0.25, 0.3) is 0 Å². The first-order valence-corrected chi connectivity index (χ1v) is 6.32. The Balaban J connectivity index is 2.15. The molecule has 1 saturated heterocycles. The van der Waals surface area contributed by atoms with Gasteiger partial charge in [0.1, 0.15) is 5.82 Å². The summed E-state index contributed by atoms with van der Waals surface area (Å²) in [5.74, 6) is -0.704. The van der Waals surface area contributed by atoms with Gasteiger partial charge in [-0.2, -0.15) is 0 Å². The fourth-order valence-electron chi connectivity index (χ4n) is 2.01. The van der Waals surface area contributed by atoms with Crippen molar-refractivity contribution < 1.29 is 9.18 Å². The zero-order valence-corrected chi connectivity index (χ0v) is 11.1. The van der Waals surface area contributed by atoms with Gasteiger partial charge in [0.05, 0.1) is 5.56 Å². The molecule has 0 aromatic heterocycles. The maximum atomic E-state index is 13.6. The molecule has 0 aliphatic carbocycles. The van der Waals surface area contributed by atoms with Gasteiger partial charge in [0, 0.05) is 23.6 Å². The number of carbonyl (C=O) groups is 1. The Morgan fingerprint density at radius 1 is 1.59 bits per heavy atom. The summed E-state index contributed by atoms with van der Waals surface area (Å²) in [6, 6.07) is 4.84. The van der Waals surface area contributed by atoms with Crippen molar-refractivity contribution in [2.45, 2.75) is 12.5 Å². The van der Waals surface area contributed by atoms with E-state index in [2.05, 4.69) is 21.2 Å². The first kappa shape index (κ1) is 12.5. The van der Waals surface area contributed by atoms with Gasteiger partial charge in [-0.15, -0.1) is 0 Å². The SMILES string of the molecule is CNC1CCN(C(=O)c2ccc(Br)cc2F)C1. The Kier molecular flexibility index (Phi) is 3.79. The van der Waals surface area contributed by atoms with E-state index in [0.29, 0.717) is 23.6 Å². The van der Waals surface area contributed by atoms with Crippen molar-refractivity contribution in [3.8, 4) is 0 Å². The van der Waals surface area contributed by atoms with Crippen LogP contribution in [0.5, 0.6) is 0 Å². The summed E-state index contributed by atoms with van der Waals surface area (Å²) in [6.07, 6.45) is 0.917. The highest BCUT2D eigenvalue weighted by Gasteiger charge is 2.27. The number of hydrogen-bond donors (Lipinski definition) is 1. The highest BCUT2D eigenvalue weighted by Crippen LogP contribution is 2.19. The van der Waals surface area contributed by atoms with Gasteiger partial charge in [0.15, 0.2) is 0 Å². The second kappa shape index (κ2) is 5.14. The molecule has 3 nitrogen and oxygen atoms in total. The molecule has 1 fully saturated rings. The number of likely N-dealkylation sites (N-methyl/N-ethyl adjacent to an activating group) is 1. The molecule has 92 valence electrons. The van der Waals surface area contributed by atoms with Crippen LogP contribution in [0.1, 0.15) is 16.8 Å². The minimum atomic E-state index is -0.475. The number of halogens is 2. The Morgan fingerprint density at radius 3 is 2.94 bits per heavy atom. The molecule has 5 heteroatoms. The van der Waals surface area contributed by atoms with Crippen LogP contribution in [0.15, 0.2) is 22.7 Å². The Morgan fingerprint density at radius 2 is 2.35 bits per heavy atom. The van der Waals surface area contributed by atoms with Crippen LogP contribution >= 0.6 is 15.9 Å². The van der Waals surface area contributed by atoms with Gasteiger partial charge in [-0.1, -0.05) is 15.9 Å². The molecule has 1 heterocycles.